The van der Waals surface area contributed by atoms with Gasteiger partial charge in [-0.15, -0.1) is 11.8 Å². The number of aliphatic hydroxyl groups excluding tert-OH is 1. The number of hydrogen-bond donors (Lipinski definition) is 2. The minimum absolute atomic E-state index is 0. The van der Waals surface area contributed by atoms with Crippen molar-refractivity contribution in [2.45, 2.75) is 63.3 Å². The number of aromatic nitrogens is 2. The SMILES string of the molecule is C[C@@H](O)[C@H]1C(=O)N2C(C(=O)O)=C(S[C@H]3C[C@@H](Cn4cc[n+](C)c4)N(C(=O)OCc4ccc([N+](=O)[O-])cc4)C3)[C@](C)(Cc3ccc([N+](=O)[O-])cc3)[C@H]12.[I-]. The molecule has 1 aromatic heterocycles. The molecule has 0 aliphatic carbocycles. The number of nitrogens with zero attached hydrogens (tertiary/aromatic N) is 6. The quantitative estimate of drug-likeness (QED) is 0.0841. The topological polar surface area (TPSA) is 202 Å². The van der Waals surface area contributed by atoms with E-state index in [1.807, 2.05) is 41.8 Å². The van der Waals surface area contributed by atoms with Crippen LogP contribution in [-0.2, 0) is 40.9 Å². The number of nitro groups is 2. The molecule has 2 aromatic carbocycles. The van der Waals surface area contributed by atoms with Gasteiger partial charge in [-0.1, -0.05) is 19.1 Å². The summed E-state index contributed by atoms with van der Waals surface area (Å²) >= 11 is 1.30. The number of halogens is 1. The summed E-state index contributed by atoms with van der Waals surface area (Å²) in [6, 6.07) is 10.6. The summed E-state index contributed by atoms with van der Waals surface area (Å²) in [6.45, 7) is 3.86. The summed E-state index contributed by atoms with van der Waals surface area (Å²) in [6.07, 6.45) is 4.66. The number of aliphatic carboxylic acids is 1. The maximum absolute atomic E-state index is 13.6. The van der Waals surface area contributed by atoms with Gasteiger partial charge in [-0.3, -0.25) is 25.0 Å². The Balaban J connectivity index is 0.00000523. The lowest BCUT2D eigenvalue weighted by Crippen LogP contribution is -3.00. The number of carboxylic acids is 1. The fraction of sp³-hybridized carbons (Fsp3) is 0.412. The van der Waals surface area contributed by atoms with Crippen LogP contribution in [0.25, 0.3) is 0 Å². The van der Waals surface area contributed by atoms with Crippen LogP contribution in [-0.4, -0.2) is 82.4 Å². The Labute approximate surface area is 319 Å². The number of likely N-dealkylation sites (tertiary alicyclic amines) is 1. The van der Waals surface area contributed by atoms with Crippen LogP contribution in [0.3, 0.4) is 0 Å². The van der Waals surface area contributed by atoms with Gasteiger partial charge in [0.15, 0.2) is 0 Å². The highest BCUT2D eigenvalue weighted by Gasteiger charge is 2.66. The molecule has 0 saturated carbocycles. The van der Waals surface area contributed by atoms with Gasteiger partial charge in [0.2, 0.25) is 12.2 Å². The number of β-lactam (4-membered cyclic amide) rings is 1. The van der Waals surface area contributed by atoms with Crippen LogP contribution in [0.15, 0.2) is 77.9 Å². The Kier molecular flexibility index (Phi) is 11.3. The van der Waals surface area contributed by atoms with Crippen molar-refractivity contribution in [1.82, 2.24) is 14.4 Å². The number of thioether (sulfide) groups is 1. The van der Waals surface area contributed by atoms with E-state index in [-0.39, 0.29) is 71.9 Å². The van der Waals surface area contributed by atoms with Gasteiger partial charge in [0.1, 0.15) is 31.2 Å². The number of amides is 2. The molecule has 2 N–H and O–H groups in total. The van der Waals surface area contributed by atoms with Crippen molar-refractivity contribution in [2.24, 2.45) is 18.4 Å². The Hall–Kier alpha value is -4.56. The second-order valence-corrected chi connectivity index (χ2v) is 14.8. The van der Waals surface area contributed by atoms with Gasteiger partial charge < -0.3 is 48.7 Å². The molecule has 2 saturated heterocycles. The van der Waals surface area contributed by atoms with E-state index in [9.17, 15) is 44.8 Å². The lowest BCUT2D eigenvalue weighted by atomic mass is 9.67. The van der Waals surface area contributed by atoms with Gasteiger partial charge in [-0.25, -0.2) is 18.7 Å². The molecule has 0 unspecified atom stereocenters. The Bertz CT molecular complexity index is 1920. The van der Waals surface area contributed by atoms with E-state index in [4.69, 9.17) is 4.74 Å². The first-order chi connectivity index (χ1) is 24.2. The molecule has 3 aliphatic rings. The van der Waals surface area contributed by atoms with Crippen molar-refractivity contribution in [3.05, 3.63) is 109 Å². The number of benzene rings is 2. The van der Waals surface area contributed by atoms with Gasteiger partial charge in [0, 0.05) is 46.4 Å². The number of aryl methyl sites for hydroxylation is 1. The molecular formula is C34H37IN6O10S. The number of hydrogen-bond acceptors (Lipinski definition) is 10. The van der Waals surface area contributed by atoms with Gasteiger partial charge >= 0.3 is 12.1 Å². The zero-order chi connectivity index (χ0) is 36.8. The molecule has 2 amide bonds. The third-order valence-corrected chi connectivity index (χ3v) is 11.4. The molecule has 0 radical (unpaired) electrons. The summed E-state index contributed by atoms with van der Waals surface area (Å²) < 4.78 is 9.47. The van der Waals surface area contributed by atoms with Crippen LogP contribution in [0.2, 0.25) is 0 Å². The summed E-state index contributed by atoms with van der Waals surface area (Å²) in [5, 5.41) is 43.2. The molecule has 0 bridgehead atoms. The van der Waals surface area contributed by atoms with Crippen LogP contribution >= 0.6 is 11.8 Å². The average Bonchev–Trinajstić information content (AvgIpc) is 3.73. The monoisotopic (exact) mass is 848 g/mol. The molecule has 16 nitrogen and oxygen atoms in total. The number of fused-ring (bicyclic) bond motifs is 1. The Morgan fingerprint density at radius 2 is 1.67 bits per heavy atom. The fourth-order valence-corrected chi connectivity index (χ4v) is 9.12. The predicted octanol–water partition coefficient (Wildman–Crippen LogP) is 0.413. The zero-order valence-electron chi connectivity index (χ0n) is 28.4. The second kappa shape index (κ2) is 15.2. The van der Waals surface area contributed by atoms with Crippen LogP contribution in [0.1, 0.15) is 31.4 Å². The number of carboxylic acid groups (broad SMARTS) is 1. The Morgan fingerprint density at radius 3 is 2.19 bits per heavy atom. The lowest BCUT2D eigenvalue weighted by Gasteiger charge is -2.51. The summed E-state index contributed by atoms with van der Waals surface area (Å²) in [7, 11) is 1.87. The molecule has 3 aromatic rings. The largest absolute Gasteiger partial charge is 1.00 e. The Morgan fingerprint density at radius 1 is 1.08 bits per heavy atom. The average molecular weight is 849 g/mol. The first-order valence-electron chi connectivity index (χ1n) is 16.2. The van der Waals surface area contributed by atoms with Crippen LogP contribution in [0.5, 0.6) is 0 Å². The number of nitro benzene ring substituents is 2. The van der Waals surface area contributed by atoms with Crippen molar-refractivity contribution < 1.29 is 67.7 Å². The van der Waals surface area contributed by atoms with E-state index in [1.54, 1.807) is 17.0 Å². The lowest BCUT2D eigenvalue weighted by molar-refractivity contribution is -0.671. The summed E-state index contributed by atoms with van der Waals surface area (Å²) in [5.41, 5.74) is -0.0696. The third-order valence-electron chi connectivity index (χ3n) is 9.86. The number of aliphatic hydroxyl groups is 1. The summed E-state index contributed by atoms with van der Waals surface area (Å²) in [4.78, 5) is 64.5. The van der Waals surface area contributed by atoms with E-state index >= 15 is 0 Å². The molecule has 6 rings (SSSR count). The number of ether oxygens (including phenoxy) is 1. The number of rotatable bonds is 12. The van der Waals surface area contributed by atoms with Crippen molar-refractivity contribution in [3.8, 4) is 0 Å². The van der Waals surface area contributed by atoms with Crippen molar-refractivity contribution in [2.75, 3.05) is 6.54 Å². The summed E-state index contributed by atoms with van der Waals surface area (Å²) in [5.74, 6) is -2.63. The van der Waals surface area contributed by atoms with Crippen molar-refractivity contribution in [1.29, 1.82) is 0 Å². The molecule has 0 spiro atoms. The van der Waals surface area contributed by atoms with E-state index in [1.165, 1.54) is 60.0 Å². The number of imidazole rings is 1. The van der Waals surface area contributed by atoms with E-state index in [0.29, 0.717) is 29.0 Å². The van der Waals surface area contributed by atoms with Gasteiger partial charge in [-0.2, -0.15) is 0 Å². The van der Waals surface area contributed by atoms with Gasteiger partial charge in [0.05, 0.1) is 41.0 Å². The molecule has 52 heavy (non-hydrogen) atoms. The number of carbonyl (C=O) groups excluding carboxylic acids is 2. The highest BCUT2D eigenvalue weighted by Crippen LogP contribution is 2.60. The number of non-ortho nitro benzene ring substituents is 2. The standard InChI is InChI=1S/C34H36N6O10S.HI/c1-20(41)27-29-34(2,15-21-4-8-23(9-5-21)39(46)47)30(28(32(43)44)38(29)31(27)42)51-26-14-25(16-36-13-12-35(3)19-36)37(17-26)33(45)50-18-22-6-10-24(11-7-22)40(48)49;/h4-13,19-20,25-27,29,41H,14-18H2,1-3H3;1H/t20-,25+,26+,27-,29+,34-;/m1./s1. The molecule has 3 aliphatic heterocycles. The first kappa shape index (κ1) is 38.7. The molecule has 6 atom stereocenters. The van der Waals surface area contributed by atoms with Crippen LogP contribution in [0.4, 0.5) is 16.2 Å². The maximum Gasteiger partial charge on any atom is 0.410 e. The molecule has 4 heterocycles. The van der Waals surface area contributed by atoms with Crippen LogP contribution < -0.4 is 28.5 Å². The molecule has 2 fully saturated rings. The van der Waals surface area contributed by atoms with E-state index in [0.717, 1.165) is 0 Å². The normalized spacial score (nSPS) is 24.2. The van der Waals surface area contributed by atoms with Gasteiger partial charge in [-0.05, 0) is 43.0 Å². The minimum atomic E-state index is -1.29. The predicted molar refractivity (Wildman–Crippen MR) is 181 cm³/mol. The third kappa shape index (κ3) is 7.36. The van der Waals surface area contributed by atoms with Crippen LogP contribution in [0, 0.1) is 31.6 Å². The fourth-order valence-electron chi connectivity index (χ4n) is 7.48. The van der Waals surface area contributed by atoms with Crippen molar-refractivity contribution in [3.63, 3.8) is 0 Å². The van der Waals surface area contributed by atoms with Gasteiger partial charge in [0.25, 0.3) is 11.4 Å². The highest BCUT2D eigenvalue weighted by molar-refractivity contribution is 8.03. The molecular weight excluding hydrogens is 811 g/mol. The highest BCUT2D eigenvalue weighted by atomic mass is 127. The molecule has 276 valence electrons. The maximum atomic E-state index is 13.6. The van der Waals surface area contributed by atoms with E-state index < -0.39 is 51.3 Å². The minimum Gasteiger partial charge on any atom is -1.00 e. The second-order valence-electron chi connectivity index (χ2n) is 13.5. The zero-order valence-corrected chi connectivity index (χ0v) is 31.4. The van der Waals surface area contributed by atoms with E-state index in [2.05, 4.69) is 0 Å². The number of carbonyl (C=O) groups is 3. The first-order valence-corrected chi connectivity index (χ1v) is 17.1. The smallest absolute Gasteiger partial charge is 0.410 e. The van der Waals surface area contributed by atoms with Crippen molar-refractivity contribution >= 4 is 41.1 Å². The molecule has 18 heteroatoms.